The van der Waals surface area contributed by atoms with Gasteiger partial charge in [-0.05, 0) is 130 Å². The van der Waals surface area contributed by atoms with Gasteiger partial charge in [0.05, 0.1) is 21.8 Å². The molecule has 0 aliphatic heterocycles. The number of hydrogen-bond acceptors (Lipinski definition) is 8. The average Bonchev–Trinajstić information content (AvgIpc) is 3.78. The normalized spacial score (nSPS) is 10.5. The minimum atomic E-state index is 0.564. The first kappa shape index (κ1) is 43.0. The summed E-state index contributed by atoms with van der Waals surface area (Å²) in [5.74, 6) is 1.31. The number of benzene rings is 6. The second-order valence-electron chi connectivity index (χ2n) is 15.4. The Balaban J connectivity index is 0.000000144. The Bertz CT molecular complexity index is 3130. The van der Waals surface area contributed by atoms with Crippen molar-refractivity contribution in [3.8, 4) is 34.5 Å². The van der Waals surface area contributed by atoms with Crippen LogP contribution in [0.3, 0.4) is 0 Å². The highest BCUT2D eigenvalue weighted by molar-refractivity contribution is 7.12. The number of thiophene rings is 1. The Morgan fingerprint density at radius 1 is 0.452 bits per heavy atom. The zero-order chi connectivity index (χ0) is 43.9. The Hall–Kier alpha value is -7.10. The molecule has 6 aromatic carbocycles. The largest absolute Gasteiger partial charge is 0.340 e. The van der Waals surface area contributed by atoms with E-state index in [1.807, 2.05) is 76.2 Å². The number of anilines is 4. The molecule has 8 heteroatoms. The Morgan fingerprint density at radius 2 is 0.952 bits per heavy atom. The molecule has 0 bridgehead atoms. The van der Waals surface area contributed by atoms with Crippen molar-refractivity contribution in [2.75, 3.05) is 10.6 Å². The standard InChI is InChI=1S/C22H22N4.C17H13NS.C15H13NS/c1-14-5-9-18(10-6-14)24-21-17(4)16(3)20(13-23)22(26-21)25-19-11-7-15(2)8-12-19;1-11-16(10-18)17(12(2)19-11)15-8-7-13-5-3-4-6-14(13)9-15;1-10-15(16-11(2)17-10)14-8-7-12-5-3-4-6-13(12)9-14/h5-12H,1-4H3,(H2,24,25,26);3-9H,1-2H3;3-9H,1-2H3. The van der Waals surface area contributed by atoms with Gasteiger partial charge in [-0.2, -0.15) is 10.5 Å². The predicted octanol–water partition coefficient (Wildman–Crippen LogP) is 15.3. The Morgan fingerprint density at radius 3 is 1.47 bits per heavy atom. The fraction of sp³-hybridized carbons (Fsp3) is 0.148. The van der Waals surface area contributed by atoms with Crippen LogP contribution in [0.4, 0.5) is 23.0 Å². The number of hydrogen-bond donors (Lipinski definition) is 2. The molecule has 0 fully saturated rings. The zero-order valence-corrected chi connectivity index (χ0v) is 37.9. The van der Waals surface area contributed by atoms with Crippen molar-refractivity contribution < 1.29 is 0 Å². The van der Waals surface area contributed by atoms with Crippen LogP contribution in [0.2, 0.25) is 0 Å². The summed E-state index contributed by atoms with van der Waals surface area (Å²) in [5.41, 5.74) is 12.1. The minimum Gasteiger partial charge on any atom is -0.340 e. The van der Waals surface area contributed by atoms with Gasteiger partial charge < -0.3 is 10.6 Å². The van der Waals surface area contributed by atoms with Crippen molar-refractivity contribution in [1.82, 2.24) is 9.97 Å². The van der Waals surface area contributed by atoms with Crippen LogP contribution < -0.4 is 10.6 Å². The molecule has 0 atom stereocenters. The summed E-state index contributed by atoms with van der Waals surface area (Å²) in [4.78, 5) is 12.9. The van der Waals surface area contributed by atoms with Crippen LogP contribution in [0.15, 0.2) is 133 Å². The lowest BCUT2D eigenvalue weighted by Gasteiger charge is -2.16. The molecule has 306 valence electrons. The SMILES string of the molecule is Cc1ccc(Nc2nc(Nc3ccc(C)cc3)c(C#N)c(C)c2C)cc1.Cc1nc(-c2ccc3ccccc3c2)c(C)s1.Cc1sc(C)c(-c2ccc3ccccc3c2)c1C#N. The summed E-state index contributed by atoms with van der Waals surface area (Å²) < 4.78 is 0. The van der Waals surface area contributed by atoms with E-state index >= 15 is 0 Å². The van der Waals surface area contributed by atoms with E-state index < -0.39 is 0 Å². The number of nitrogens with one attached hydrogen (secondary N) is 2. The van der Waals surface area contributed by atoms with Gasteiger partial charge >= 0.3 is 0 Å². The topological polar surface area (TPSA) is 97.4 Å². The van der Waals surface area contributed by atoms with Crippen molar-refractivity contribution in [2.24, 2.45) is 0 Å². The first-order valence-corrected chi connectivity index (χ1v) is 22.1. The molecule has 0 aliphatic rings. The number of thiazole rings is 1. The van der Waals surface area contributed by atoms with Crippen molar-refractivity contribution in [3.63, 3.8) is 0 Å². The van der Waals surface area contributed by atoms with Gasteiger partial charge in [0, 0.05) is 37.1 Å². The maximum atomic E-state index is 9.61. The van der Waals surface area contributed by atoms with Crippen molar-refractivity contribution in [1.29, 1.82) is 10.5 Å². The molecule has 9 aromatic rings. The van der Waals surface area contributed by atoms with E-state index in [-0.39, 0.29) is 0 Å². The molecule has 0 saturated heterocycles. The van der Waals surface area contributed by atoms with Crippen LogP contribution in [0.1, 0.15) is 53.0 Å². The van der Waals surface area contributed by atoms with Gasteiger partial charge in [-0.15, -0.1) is 22.7 Å². The Labute approximate surface area is 372 Å². The third-order valence-corrected chi connectivity index (χ3v) is 12.7. The number of nitriles is 2. The number of nitrogens with zero attached hydrogens (tertiary/aromatic N) is 4. The highest BCUT2D eigenvalue weighted by atomic mass is 32.1. The lowest BCUT2D eigenvalue weighted by atomic mass is 9.98. The van der Waals surface area contributed by atoms with Crippen LogP contribution in [0.25, 0.3) is 43.9 Å². The second-order valence-corrected chi connectivity index (χ2v) is 18.2. The molecule has 2 N–H and O–H groups in total. The smallest absolute Gasteiger partial charge is 0.151 e. The van der Waals surface area contributed by atoms with E-state index in [9.17, 15) is 10.5 Å². The second kappa shape index (κ2) is 19.1. The number of rotatable bonds is 6. The van der Waals surface area contributed by atoms with Crippen LogP contribution in [0.5, 0.6) is 0 Å². The van der Waals surface area contributed by atoms with E-state index in [2.05, 4.69) is 140 Å². The molecular weight excluding hydrogens is 797 g/mol. The molecule has 9 rings (SSSR count). The molecule has 0 radical (unpaired) electrons. The van der Waals surface area contributed by atoms with E-state index in [0.717, 1.165) is 60.6 Å². The van der Waals surface area contributed by atoms with Crippen LogP contribution in [-0.2, 0) is 0 Å². The highest BCUT2D eigenvalue weighted by Crippen LogP contribution is 2.37. The fourth-order valence-corrected chi connectivity index (χ4v) is 9.21. The Kier molecular flexibility index (Phi) is 13.2. The summed E-state index contributed by atoms with van der Waals surface area (Å²) in [7, 11) is 0. The molecule has 0 saturated carbocycles. The third kappa shape index (κ3) is 9.75. The molecule has 0 aliphatic carbocycles. The molecule has 0 unspecified atom stereocenters. The van der Waals surface area contributed by atoms with E-state index in [1.165, 1.54) is 48.0 Å². The van der Waals surface area contributed by atoms with Gasteiger partial charge in [-0.25, -0.2) is 9.97 Å². The van der Waals surface area contributed by atoms with E-state index in [0.29, 0.717) is 11.4 Å². The average molecular weight is 845 g/mol. The van der Waals surface area contributed by atoms with Gasteiger partial charge in [-0.1, -0.05) is 108 Å². The lowest BCUT2D eigenvalue weighted by Crippen LogP contribution is -2.06. The lowest BCUT2D eigenvalue weighted by molar-refractivity contribution is 1.19. The number of fused-ring (bicyclic) bond motifs is 2. The first-order valence-electron chi connectivity index (χ1n) is 20.4. The van der Waals surface area contributed by atoms with Gasteiger partial charge in [0.1, 0.15) is 18.0 Å². The molecule has 3 heterocycles. The summed E-state index contributed by atoms with van der Waals surface area (Å²) in [6.45, 7) is 16.3. The van der Waals surface area contributed by atoms with Gasteiger partial charge in [0.25, 0.3) is 0 Å². The van der Waals surface area contributed by atoms with E-state index in [1.54, 1.807) is 22.7 Å². The number of aryl methyl sites for hydroxylation is 6. The molecule has 0 spiro atoms. The molecule has 62 heavy (non-hydrogen) atoms. The van der Waals surface area contributed by atoms with Crippen LogP contribution in [0, 0.1) is 78.1 Å². The van der Waals surface area contributed by atoms with Crippen LogP contribution >= 0.6 is 22.7 Å². The van der Waals surface area contributed by atoms with Gasteiger partial charge in [0.2, 0.25) is 0 Å². The number of pyridine rings is 1. The first-order chi connectivity index (χ1) is 29.9. The van der Waals surface area contributed by atoms with Crippen molar-refractivity contribution in [3.05, 3.63) is 186 Å². The third-order valence-electron chi connectivity index (χ3n) is 10.8. The zero-order valence-electron chi connectivity index (χ0n) is 36.3. The summed E-state index contributed by atoms with van der Waals surface area (Å²) in [5, 5.41) is 31.7. The van der Waals surface area contributed by atoms with Gasteiger partial charge in [0.15, 0.2) is 5.82 Å². The van der Waals surface area contributed by atoms with Gasteiger partial charge in [-0.3, -0.25) is 0 Å². The number of aromatic nitrogens is 2. The summed E-state index contributed by atoms with van der Waals surface area (Å²) in [6, 6.07) is 50.5. The van der Waals surface area contributed by atoms with Crippen molar-refractivity contribution in [2.45, 2.75) is 55.4 Å². The van der Waals surface area contributed by atoms with Crippen molar-refractivity contribution >= 4 is 67.2 Å². The molecule has 6 nitrogen and oxygen atoms in total. The monoisotopic (exact) mass is 844 g/mol. The maximum absolute atomic E-state index is 9.61. The van der Waals surface area contributed by atoms with E-state index in [4.69, 9.17) is 4.98 Å². The predicted molar refractivity (Wildman–Crippen MR) is 263 cm³/mol. The maximum Gasteiger partial charge on any atom is 0.151 e. The highest BCUT2D eigenvalue weighted by Gasteiger charge is 2.16. The fourth-order valence-electron chi connectivity index (χ4n) is 7.33. The minimum absolute atomic E-state index is 0.564. The summed E-state index contributed by atoms with van der Waals surface area (Å²) >= 11 is 3.46. The molecule has 3 aromatic heterocycles. The van der Waals surface area contributed by atoms with Crippen LogP contribution in [-0.4, -0.2) is 9.97 Å². The molecular formula is C54H48N6S2. The summed E-state index contributed by atoms with van der Waals surface area (Å²) in [6.07, 6.45) is 0. The molecule has 0 amide bonds. The quantitative estimate of drug-likeness (QED) is 0.173.